The number of nitrogens with one attached hydrogen (secondary N) is 2. The van der Waals surface area contributed by atoms with Crippen LogP contribution >= 0.6 is 0 Å². The van der Waals surface area contributed by atoms with Gasteiger partial charge in [-0.15, -0.1) is 0 Å². The number of ether oxygens (including phenoxy) is 2. The Balaban J connectivity index is 1.25. The zero-order valence-electron chi connectivity index (χ0n) is 29.0. The van der Waals surface area contributed by atoms with Crippen molar-refractivity contribution < 1.29 is 23.9 Å². The molecule has 2 N–H and O–H groups in total. The first-order valence-corrected chi connectivity index (χ1v) is 17.0. The quantitative estimate of drug-likeness (QED) is 0.320. The lowest BCUT2D eigenvalue weighted by atomic mass is 10.1. The lowest BCUT2D eigenvalue weighted by Crippen LogP contribution is -2.61. The fourth-order valence-electron chi connectivity index (χ4n) is 6.35. The molecule has 3 aromatic carbocycles. The van der Waals surface area contributed by atoms with E-state index in [1.165, 1.54) is 4.90 Å². The van der Waals surface area contributed by atoms with E-state index in [4.69, 9.17) is 9.47 Å². The van der Waals surface area contributed by atoms with Crippen LogP contribution in [0.25, 0.3) is 5.69 Å². The number of carbonyl (C=O) groups is 3. The van der Waals surface area contributed by atoms with E-state index in [0.29, 0.717) is 55.5 Å². The summed E-state index contributed by atoms with van der Waals surface area (Å²) in [6.07, 6.45) is 0.540. The average Bonchev–Trinajstić information content (AvgIpc) is 3.32. The SMILES string of the molecule is Cc1c(CN2CCN3C(=O)CNC(=O)c4cc(OCC(C)C)cc(c4)Oc4cccc(c4)CCNC(=O)[C@H]3C2)c(=O)n(-c2ccccc2)n1C. The number of hydrogen-bond acceptors (Lipinski definition) is 7. The monoisotopic (exact) mass is 680 g/mol. The number of hydrogen-bond donors (Lipinski definition) is 2. The highest BCUT2D eigenvalue weighted by Gasteiger charge is 2.36. The molecule has 4 aromatic rings. The molecule has 3 amide bonds. The molecule has 50 heavy (non-hydrogen) atoms. The molecule has 6 rings (SSSR count). The molecule has 12 heteroatoms. The molecule has 2 aliphatic rings. The van der Waals surface area contributed by atoms with Gasteiger partial charge in [0.2, 0.25) is 11.8 Å². The Morgan fingerprint density at radius 1 is 0.920 bits per heavy atom. The summed E-state index contributed by atoms with van der Waals surface area (Å²) in [6.45, 7) is 7.75. The van der Waals surface area contributed by atoms with E-state index in [0.717, 1.165) is 16.9 Å². The number of piperazine rings is 1. The van der Waals surface area contributed by atoms with Gasteiger partial charge in [0.05, 0.1) is 24.4 Å². The lowest BCUT2D eigenvalue weighted by molar-refractivity contribution is -0.143. The Kier molecular flexibility index (Phi) is 10.4. The fraction of sp³-hybridized carbons (Fsp3) is 0.368. The maximum atomic E-state index is 13.7. The summed E-state index contributed by atoms with van der Waals surface area (Å²) >= 11 is 0. The smallest absolute Gasteiger partial charge is 0.276 e. The number of rotatable bonds is 6. The van der Waals surface area contributed by atoms with E-state index in [1.807, 2.05) is 92.0 Å². The van der Waals surface area contributed by atoms with Gasteiger partial charge in [-0.3, -0.25) is 28.8 Å². The normalized spacial score (nSPS) is 17.4. The van der Waals surface area contributed by atoms with Gasteiger partial charge in [0.25, 0.3) is 11.5 Å². The van der Waals surface area contributed by atoms with Gasteiger partial charge in [-0.25, -0.2) is 4.68 Å². The minimum absolute atomic E-state index is 0.121. The molecule has 0 spiro atoms. The van der Waals surface area contributed by atoms with Crippen LogP contribution in [0.4, 0.5) is 0 Å². The second-order valence-corrected chi connectivity index (χ2v) is 13.2. The molecule has 0 radical (unpaired) electrons. The van der Waals surface area contributed by atoms with Crippen LogP contribution < -0.4 is 25.7 Å². The highest BCUT2D eigenvalue weighted by Crippen LogP contribution is 2.29. The van der Waals surface area contributed by atoms with Crippen molar-refractivity contribution in [3.8, 4) is 22.9 Å². The molecule has 0 saturated carbocycles. The summed E-state index contributed by atoms with van der Waals surface area (Å²) in [5.74, 6) is 0.628. The number of fused-ring (bicyclic) bond motifs is 5. The Labute approximate surface area is 291 Å². The minimum Gasteiger partial charge on any atom is -0.493 e. The average molecular weight is 681 g/mol. The van der Waals surface area contributed by atoms with E-state index in [9.17, 15) is 19.2 Å². The van der Waals surface area contributed by atoms with Crippen molar-refractivity contribution in [3.05, 3.63) is 106 Å². The van der Waals surface area contributed by atoms with E-state index in [1.54, 1.807) is 22.9 Å². The predicted molar refractivity (Wildman–Crippen MR) is 189 cm³/mol. The molecular weight excluding hydrogens is 636 g/mol. The van der Waals surface area contributed by atoms with Crippen LogP contribution in [0.3, 0.4) is 0 Å². The minimum atomic E-state index is -0.821. The van der Waals surface area contributed by atoms with Gasteiger partial charge >= 0.3 is 0 Å². The largest absolute Gasteiger partial charge is 0.493 e. The second-order valence-electron chi connectivity index (χ2n) is 13.2. The molecule has 0 unspecified atom stereocenters. The van der Waals surface area contributed by atoms with Gasteiger partial charge in [0.1, 0.15) is 23.3 Å². The third-order valence-electron chi connectivity index (χ3n) is 9.12. The molecule has 1 atom stereocenters. The van der Waals surface area contributed by atoms with Crippen LogP contribution in [-0.2, 0) is 29.6 Å². The van der Waals surface area contributed by atoms with Gasteiger partial charge in [-0.1, -0.05) is 44.2 Å². The number of benzene rings is 3. The van der Waals surface area contributed by atoms with Crippen LogP contribution in [0.5, 0.6) is 17.2 Å². The summed E-state index contributed by atoms with van der Waals surface area (Å²) < 4.78 is 15.6. The van der Waals surface area contributed by atoms with Gasteiger partial charge in [-0.2, -0.15) is 0 Å². The van der Waals surface area contributed by atoms with Crippen molar-refractivity contribution in [1.82, 2.24) is 29.8 Å². The molecule has 1 fully saturated rings. The van der Waals surface area contributed by atoms with Crippen LogP contribution in [0, 0.1) is 12.8 Å². The molecule has 12 nitrogen and oxygen atoms in total. The predicted octanol–water partition coefficient (Wildman–Crippen LogP) is 3.43. The van der Waals surface area contributed by atoms with E-state index in [2.05, 4.69) is 10.6 Å². The number of amides is 3. The lowest BCUT2D eigenvalue weighted by Gasteiger charge is -2.40. The number of para-hydroxylation sites is 1. The molecule has 1 aromatic heterocycles. The summed E-state index contributed by atoms with van der Waals surface area (Å²) in [6, 6.07) is 21.2. The molecular formula is C38H44N6O6. The molecule has 1 saturated heterocycles. The first-order valence-electron chi connectivity index (χ1n) is 17.0. The highest BCUT2D eigenvalue weighted by molar-refractivity contribution is 5.98. The Morgan fingerprint density at radius 2 is 1.72 bits per heavy atom. The summed E-state index contributed by atoms with van der Waals surface area (Å²) in [7, 11) is 1.85. The van der Waals surface area contributed by atoms with Crippen LogP contribution in [0.2, 0.25) is 0 Å². The zero-order chi connectivity index (χ0) is 35.4. The number of carbonyl (C=O) groups excluding carboxylic acids is 3. The topological polar surface area (TPSA) is 127 Å². The standard InChI is InChI=1S/C38H44N6O6/c1-25(2)24-49-31-18-28-19-32(20-31)50-30-12-8-9-27(17-30)13-14-39-37(47)34-23-42(15-16-43(34)35(45)21-40-36(28)46)22-33-26(3)41(4)44(38(33)48)29-10-6-5-7-11-29/h5-12,17-20,25,34H,13-16,21-24H2,1-4H3,(H,39,47)(H,40,46)/t34-/m1/s1. The third-order valence-corrected chi connectivity index (χ3v) is 9.12. The van der Waals surface area contributed by atoms with Crippen molar-refractivity contribution in [2.45, 2.75) is 39.8 Å². The van der Waals surface area contributed by atoms with Gasteiger partial charge in [0, 0.05) is 57.1 Å². The van der Waals surface area contributed by atoms with Crippen molar-refractivity contribution in [2.24, 2.45) is 13.0 Å². The Morgan fingerprint density at radius 3 is 2.50 bits per heavy atom. The van der Waals surface area contributed by atoms with Crippen LogP contribution in [-0.4, -0.2) is 82.3 Å². The summed E-state index contributed by atoms with van der Waals surface area (Å²) in [5.41, 5.74) is 3.34. The van der Waals surface area contributed by atoms with Gasteiger partial charge in [-0.05, 0) is 61.2 Å². The molecule has 2 aliphatic heterocycles. The van der Waals surface area contributed by atoms with Crippen molar-refractivity contribution in [1.29, 1.82) is 0 Å². The maximum Gasteiger partial charge on any atom is 0.276 e. The maximum absolute atomic E-state index is 13.7. The first-order chi connectivity index (χ1) is 24.1. The molecule has 3 heterocycles. The van der Waals surface area contributed by atoms with E-state index < -0.39 is 11.9 Å². The van der Waals surface area contributed by atoms with E-state index >= 15 is 0 Å². The summed E-state index contributed by atoms with van der Waals surface area (Å²) in [4.78, 5) is 58.0. The van der Waals surface area contributed by atoms with Gasteiger partial charge < -0.3 is 25.0 Å². The third kappa shape index (κ3) is 7.76. The van der Waals surface area contributed by atoms with Crippen molar-refractivity contribution >= 4 is 17.7 Å². The van der Waals surface area contributed by atoms with E-state index in [-0.39, 0.29) is 48.5 Å². The van der Waals surface area contributed by atoms with Crippen LogP contribution in [0.1, 0.15) is 41.0 Å². The Hall–Kier alpha value is -5.36. The Bertz CT molecular complexity index is 1930. The van der Waals surface area contributed by atoms with Crippen LogP contribution in [0.15, 0.2) is 77.6 Å². The summed E-state index contributed by atoms with van der Waals surface area (Å²) in [5, 5.41) is 5.76. The zero-order valence-corrected chi connectivity index (χ0v) is 29.0. The highest BCUT2D eigenvalue weighted by atomic mass is 16.5. The fourth-order valence-corrected chi connectivity index (χ4v) is 6.35. The van der Waals surface area contributed by atoms with Crippen molar-refractivity contribution in [3.63, 3.8) is 0 Å². The van der Waals surface area contributed by atoms with Gasteiger partial charge in [0.15, 0.2) is 0 Å². The molecule has 262 valence electrons. The number of nitrogens with zero attached hydrogens (tertiary/aromatic N) is 4. The van der Waals surface area contributed by atoms with Crippen molar-refractivity contribution in [2.75, 3.05) is 39.3 Å². The number of aromatic nitrogens is 2. The second kappa shape index (κ2) is 15.0. The first kappa shape index (κ1) is 34.5. The molecule has 0 aliphatic carbocycles. The molecule has 4 bridgehead atoms.